The fourth-order valence-electron chi connectivity index (χ4n) is 2.52. The average molecular weight is 305 g/mol. The van der Waals surface area contributed by atoms with Gasteiger partial charge in [-0.1, -0.05) is 0 Å². The molecule has 0 radical (unpaired) electrons. The SMILES string of the molecule is Cc1nc(-c2cc(C(=O)NCC3(O)CCC3)n(C)c2)cs1. The Bertz CT molecular complexity index is 670. The zero-order valence-electron chi connectivity index (χ0n) is 12.2. The second-order valence-corrected chi connectivity index (χ2v) is 6.80. The van der Waals surface area contributed by atoms with Crippen molar-refractivity contribution in [2.24, 2.45) is 7.05 Å². The van der Waals surface area contributed by atoms with E-state index in [1.54, 1.807) is 15.9 Å². The zero-order chi connectivity index (χ0) is 15.0. The van der Waals surface area contributed by atoms with Crippen molar-refractivity contribution in [2.45, 2.75) is 31.8 Å². The number of thiazole rings is 1. The maximum Gasteiger partial charge on any atom is 0.268 e. The van der Waals surface area contributed by atoms with E-state index in [9.17, 15) is 9.90 Å². The standard InChI is InChI=1S/C15H19N3O2S/c1-10-17-12(8-21-10)11-6-13(18(2)7-11)14(19)16-9-15(20)4-3-5-15/h6-8,20H,3-5,9H2,1-2H3,(H,16,19). The molecule has 2 N–H and O–H groups in total. The minimum Gasteiger partial charge on any atom is -0.388 e. The predicted molar refractivity (Wildman–Crippen MR) is 82.4 cm³/mol. The summed E-state index contributed by atoms with van der Waals surface area (Å²) in [4.78, 5) is 16.7. The molecule has 0 bridgehead atoms. The Labute approximate surface area is 127 Å². The van der Waals surface area contributed by atoms with Crippen LogP contribution in [0.5, 0.6) is 0 Å². The van der Waals surface area contributed by atoms with E-state index < -0.39 is 5.60 Å². The molecule has 3 rings (SSSR count). The van der Waals surface area contributed by atoms with Crippen LogP contribution in [-0.2, 0) is 7.05 Å². The highest BCUT2D eigenvalue weighted by atomic mass is 32.1. The summed E-state index contributed by atoms with van der Waals surface area (Å²) in [6, 6.07) is 1.84. The van der Waals surface area contributed by atoms with Gasteiger partial charge in [-0.2, -0.15) is 0 Å². The lowest BCUT2D eigenvalue weighted by Gasteiger charge is -2.36. The lowest BCUT2D eigenvalue weighted by molar-refractivity contribution is -0.0301. The largest absolute Gasteiger partial charge is 0.388 e. The average Bonchev–Trinajstić information content (AvgIpc) is 3.00. The summed E-state index contributed by atoms with van der Waals surface area (Å²) in [6.07, 6.45) is 4.47. The summed E-state index contributed by atoms with van der Waals surface area (Å²) in [5, 5.41) is 15.9. The van der Waals surface area contributed by atoms with Crippen LogP contribution >= 0.6 is 11.3 Å². The number of hydrogen-bond donors (Lipinski definition) is 2. The quantitative estimate of drug-likeness (QED) is 0.909. The third-order valence-corrected chi connectivity index (χ3v) is 4.79. The topological polar surface area (TPSA) is 67.2 Å². The molecule has 1 fully saturated rings. The van der Waals surface area contributed by atoms with E-state index in [0.29, 0.717) is 12.2 Å². The number of amides is 1. The normalized spacial score (nSPS) is 16.5. The van der Waals surface area contributed by atoms with Gasteiger partial charge in [0.15, 0.2) is 0 Å². The summed E-state index contributed by atoms with van der Waals surface area (Å²) in [7, 11) is 1.84. The number of aliphatic hydroxyl groups is 1. The summed E-state index contributed by atoms with van der Waals surface area (Å²) < 4.78 is 1.80. The van der Waals surface area contributed by atoms with Crippen molar-refractivity contribution in [1.82, 2.24) is 14.9 Å². The number of aromatic nitrogens is 2. The summed E-state index contributed by atoms with van der Waals surface area (Å²) in [5.74, 6) is -0.156. The molecule has 0 aromatic carbocycles. The first-order chi connectivity index (χ1) is 9.97. The molecule has 2 aromatic heterocycles. The van der Waals surface area contributed by atoms with Gasteiger partial charge >= 0.3 is 0 Å². The van der Waals surface area contributed by atoms with Gasteiger partial charge in [0.2, 0.25) is 0 Å². The van der Waals surface area contributed by atoms with E-state index in [0.717, 1.165) is 35.5 Å². The van der Waals surface area contributed by atoms with Gasteiger partial charge in [0.25, 0.3) is 5.91 Å². The summed E-state index contributed by atoms with van der Waals surface area (Å²) in [6.45, 7) is 2.28. The second-order valence-electron chi connectivity index (χ2n) is 5.74. The van der Waals surface area contributed by atoms with E-state index in [1.807, 2.05) is 31.6 Å². The first-order valence-electron chi connectivity index (χ1n) is 7.06. The first-order valence-corrected chi connectivity index (χ1v) is 7.94. The van der Waals surface area contributed by atoms with Crippen molar-refractivity contribution in [2.75, 3.05) is 6.54 Å². The molecule has 2 aromatic rings. The lowest BCUT2D eigenvalue weighted by Crippen LogP contribution is -2.48. The van der Waals surface area contributed by atoms with Crippen LogP contribution in [-0.4, -0.2) is 32.7 Å². The van der Waals surface area contributed by atoms with E-state index in [1.165, 1.54) is 0 Å². The Kier molecular flexibility index (Phi) is 3.59. The number of rotatable bonds is 4. The van der Waals surface area contributed by atoms with Crippen LogP contribution in [0.3, 0.4) is 0 Å². The van der Waals surface area contributed by atoms with Gasteiger partial charge in [0.1, 0.15) is 5.69 Å². The molecule has 0 spiro atoms. The van der Waals surface area contributed by atoms with Crippen LogP contribution in [0.4, 0.5) is 0 Å². The minimum atomic E-state index is -0.699. The number of carbonyl (C=O) groups excluding carboxylic acids is 1. The smallest absolute Gasteiger partial charge is 0.268 e. The number of nitrogens with zero attached hydrogens (tertiary/aromatic N) is 2. The van der Waals surface area contributed by atoms with Crippen molar-refractivity contribution in [3.05, 3.63) is 28.3 Å². The number of aryl methyl sites for hydroxylation is 2. The Morgan fingerprint density at radius 1 is 1.57 bits per heavy atom. The van der Waals surface area contributed by atoms with E-state index >= 15 is 0 Å². The Balaban J connectivity index is 1.73. The monoisotopic (exact) mass is 305 g/mol. The first kappa shape index (κ1) is 14.3. The minimum absolute atomic E-state index is 0.156. The van der Waals surface area contributed by atoms with Crippen molar-refractivity contribution in [1.29, 1.82) is 0 Å². The zero-order valence-corrected chi connectivity index (χ0v) is 13.0. The summed E-state index contributed by atoms with van der Waals surface area (Å²) in [5.41, 5.74) is 1.72. The van der Waals surface area contributed by atoms with Crippen LogP contribution in [0.1, 0.15) is 34.8 Å². The molecule has 0 atom stereocenters. The fraction of sp³-hybridized carbons (Fsp3) is 0.467. The van der Waals surface area contributed by atoms with Crippen molar-refractivity contribution < 1.29 is 9.90 Å². The van der Waals surface area contributed by atoms with Crippen molar-refractivity contribution in [3.63, 3.8) is 0 Å². The van der Waals surface area contributed by atoms with Gasteiger partial charge in [-0.3, -0.25) is 4.79 Å². The van der Waals surface area contributed by atoms with Crippen LogP contribution < -0.4 is 5.32 Å². The van der Waals surface area contributed by atoms with Gasteiger partial charge in [0, 0.05) is 30.7 Å². The van der Waals surface area contributed by atoms with E-state index in [2.05, 4.69) is 10.3 Å². The number of carbonyl (C=O) groups is 1. The molecule has 21 heavy (non-hydrogen) atoms. The fourth-order valence-corrected chi connectivity index (χ4v) is 3.15. The predicted octanol–water partition coefficient (Wildman–Crippen LogP) is 2.10. The maximum absolute atomic E-state index is 12.2. The highest BCUT2D eigenvalue weighted by Crippen LogP contribution is 2.30. The third kappa shape index (κ3) is 2.87. The molecular weight excluding hydrogens is 286 g/mol. The molecule has 2 heterocycles. The molecule has 112 valence electrons. The molecule has 1 amide bonds. The van der Waals surface area contributed by atoms with Crippen LogP contribution in [0, 0.1) is 6.92 Å². The number of hydrogen-bond acceptors (Lipinski definition) is 4. The molecule has 0 unspecified atom stereocenters. The highest BCUT2D eigenvalue weighted by Gasteiger charge is 2.34. The van der Waals surface area contributed by atoms with Gasteiger partial charge < -0.3 is 15.0 Å². The molecule has 1 aliphatic rings. The van der Waals surface area contributed by atoms with Crippen molar-refractivity contribution >= 4 is 17.2 Å². The molecule has 0 aliphatic heterocycles. The Morgan fingerprint density at radius 3 is 2.90 bits per heavy atom. The maximum atomic E-state index is 12.2. The van der Waals surface area contributed by atoms with Gasteiger partial charge in [-0.05, 0) is 32.3 Å². The molecule has 1 aliphatic carbocycles. The highest BCUT2D eigenvalue weighted by molar-refractivity contribution is 7.09. The van der Waals surface area contributed by atoms with Crippen LogP contribution in [0.2, 0.25) is 0 Å². The van der Waals surface area contributed by atoms with Gasteiger partial charge in [0.05, 0.1) is 16.3 Å². The van der Waals surface area contributed by atoms with Crippen LogP contribution in [0.15, 0.2) is 17.6 Å². The molecule has 1 saturated carbocycles. The van der Waals surface area contributed by atoms with Crippen LogP contribution in [0.25, 0.3) is 11.3 Å². The van der Waals surface area contributed by atoms with E-state index in [-0.39, 0.29) is 5.91 Å². The molecule has 6 heteroatoms. The van der Waals surface area contributed by atoms with Gasteiger partial charge in [-0.15, -0.1) is 11.3 Å². The summed E-state index contributed by atoms with van der Waals surface area (Å²) >= 11 is 1.59. The molecule has 0 saturated heterocycles. The van der Waals surface area contributed by atoms with Crippen molar-refractivity contribution in [3.8, 4) is 11.3 Å². The van der Waals surface area contributed by atoms with E-state index in [4.69, 9.17) is 0 Å². The third-order valence-electron chi connectivity index (χ3n) is 4.01. The Hall–Kier alpha value is -1.66. The number of nitrogens with one attached hydrogen (secondary N) is 1. The second kappa shape index (κ2) is 5.27. The lowest BCUT2D eigenvalue weighted by atomic mass is 9.80. The Morgan fingerprint density at radius 2 is 2.33 bits per heavy atom. The molecule has 5 nitrogen and oxygen atoms in total. The van der Waals surface area contributed by atoms with Gasteiger partial charge in [-0.25, -0.2) is 4.98 Å². The molecular formula is C15H19N3O2S.